The lowest BCUT2D eigenvalue weighted by atomic mass is 9.87. The molecule has 1 aromatic carbocycles. The number of rotatable bonds is 3. The molecule has 1 fully saturated rings. The lowest BCUT2D eigenvalue weighted by Crippen LogP contribution is -2.44. The number of nitrogens with one attached hydrogen (secondary N) is 1. The molecule has 0 radical (unpaired) electrons. The molecular formula is C17H20N4O. The SMILES string of the molecule is Cc1cccc(C2(NC(=O)c3nccnc3N)CCCC2)c1. The van der Waals surface area contributed by atoms with Gasteiger partial charge in [0.15, 0.2) is 11.5 Å². The summed E-state index contributed by atoms with van der Waals surface area (Å²) in [5, 5.41) is 3.17. The molecule has 114 valence electrons. The van der Waals surface area contributed by atoms with Crippen LogP contribution in [0.4, 0.5) is 5.82 Å². The van der Waals surface area contributed by atoms with Gasteiger partial charge in [-0.05, 0) is 25.3 Å². The van der Waals surface area contributed by atoms with Crippen molar-refractivity contribution in [2.45, 2.75) is 38.1 Å². The molecule has 1 saturated carbocycles. The van der Waals surface area contributed by atoms with E-state index in [0.29, 0.717) is 0 Å². The van der Waals surface area contributed by atoms with Crippen molar-refractivity contribution in [3.8, 4) is 0 Å². The van der Waals surface area contributed by atoms with Crippen molar-refractivity contribution in [3.05, 3.63) is 53.5 Å². The van der Waals surface area contributed by atoms with E-state index in [1.165, 1.54) is 18.0 Å². The Morgan fingerprint density at radius 3 is 2.64 bits per heavy atom. The predicted molar refractivity (Wildman–Crippen MR) is 85.2 cm³/mol. The second-order valence-electron chi connectivity index (χ2n) is 5.90. The largest absolute Gasteiger partial charge is 0.382 e. The third kappa shape index (κ3) is 2.66. The fraction of sp³-hybridized carbons (Fsp3) is 0.353. The summed E-state index contributed by atoms with van der Waals surface area (Å²) in [6, 6.07) is 8.33. The van der Waals surface area contributed by atoms with Gasteiger partial charge in [0.1, 0.15) is 0 Å². The molecule has 3 rings (SSSR count). The molecule has 0 saturated heterocycles. The van der Waals surface area contributed by atoms with Crippen LogP contribution in [-0.2, 0) is 5.54 Å². The van der Waals surface area contributed by atoms with Gasteiger partial charge < -0.3 is 11.1 Å². The first-order chi connectivity index (χ1) is 10.6. The maximum atomic E-state index is 12.6. The monoisotopic (exact) mass is 296 g/mol. The highest BCUT2D eigenvalue weighted by molar-refractivity contribution is 5.96. The first kappa shape index (κ1) is 14.5. The Hall–Kier alpha value is -2.43. The maximum absolute atomic E-state index is 12.6. The van der Waals surface area contributed by atoms with Crippen LogP contribution in [0.5, 0.6) is 0 Å². The Balaban J connectivity index is 1.92. The zero-order valence-electron chi connectivity index (χ0n) is 12.7. The number of hydrogen-bond acceptors (Lipinski definition) is 4. The van der Waals surface area contributed by atoms with Crippen molar-refractivity contribution in [3.63, 3.8) is 0 Å². The van der Waals surface area contributed by atoms with Gasteiger partial charge in [-0.15, -0.1) is 0 Å². The van der Waals surface area contributed by atoms with Crippen molar-refractivity contribution >= 4 is 11.7 Å². The van der Waals surface area contributed by atoms with Crippen molar-refractivity contribution in [2.24, 2.45) is 0 Å². The topological polar surface area (TPSA) is 80.9 Å². The van der Waals surface area contributed by atoms with Crippen LogP contribution in [0.3, 0.4) is 0 Å². The van der Waals surface area contributed by atoms with Crippen LogP contribution in [0.1, 0.15) is 47.3 Å². The minimum absolute atomic E-state index is 0.164. The smallest absolute Gasteiger partial charge is 0.274 e. The van der Waals surface area contributed by atoms with Gasteiger partial charge in [0, 0.05) is 12.4 Å². The second-order valence-corrected chi connectivity index (χ2v) is 5.90. The Morgan fingerprint density at radius 1 is 1.23 bits per heavy atom. The molecule has 0 spiro atoms. The molecule has 1 aromatic heterocycles. The zero-order valence-corrected chi connectivity index (χ0v) is 12.7. The number of nitrogens with two attached hydrogens (primary N) is 1. The lowest BCUT2D eigenvalue weighted by molar-refractivity contribution is 0.0893. The molecule has 0 unspecified atom stereocenters. The molecule has 1 aliphatic rings. The van der Waals surface area contributed by atoms with E-state index in [9.17, 15) is 4.79 Å². The predicted octanol–water partition coefficient (Wildman–Crippen LogP) is 2.57. The number of benzene rings is 1. The molecule has 3 N–H and O–H groups in total. The average Bonchev–Trinajstić information content (AvgIpc) is 2.97. The molecule has 5 heteroatoms. The van der Waals surface area contributed by atoms with Gasteiger partial charge in [0.2, 0.25) is 0 Å². The Bertz CT molecular complexity index is 693. The number of carbonyl (C=O) groups is 1. The van der Waals surface area contributed by atoms with Crippen molar-refractivity contribution < 1.29 is 4.79 Å². The highest BCUT2D eigenvalue weighted by atomic mass is 16.2. The molecule has 0 atom stereocenters. The summed E-state index contributed by atoms with van der Waals surface area (Å²) < 4.78 is 0. The third-order valence-electron chi connectivity index (χ3n) is 4.32. The van der Waals surface area contributed by atoms with E-state index in [4.69, 9.17) is 5.73 Å². The molecule has 1 aliphatic carbocycles. The third-order valence-corrected chi connectivity index (χ3v) is 4.32. The normalized spacial score (nSPS) is 16.4. The van der Waals surface area contributed by atoms with Gasteiger partial charge in [-0.2, -0.15) is 0 Å². The van der Waals surface area contributed by atoms with E-state index < -0.39 is 0 Å². The summed E-state index contributed by atoms with van der Waals surface area (Å²) in [6.45, 7) is 2.06. The molecule has 0 bridgehead atoms. The standard InChI is InChI=1S/C17H20N4O/c1-12-5-4-6-13(11-12)17(7-2-3-8-17)21-16(22)14-15(18)20-10-9-19-14/h4-6,9-11H,2-3,7-8H2,1H3,(H2,18,20)(H,21,22). The first-order valence-corrected chi connectivity index (χ1v) is 7.57. The van der Waals surface area contributed by atoms with Crippen molar-refractivity contribution in [1.82, 2.24) is 15.3 Å². The summed E-state index contributed by atoms with van der Waals surface area (Å²) >= 11 is 0. The molecular weight excluding hydrogens is 276 g/mol. The number of aryl methyl sites for hydroxylation is 1. The van der Waals surface area contributed by atoms with Gasteiger partial charge in [-0.25, -0.2) is 9.97 Å². The molecule has 1 amide bonds. The molecule has 5 nitrogen and oxygen atoms in total. The quantitative estimate of drug-likeness (QED) is 0.912. The first-order valence-electron chi connectivity index (χ1n) is 7.57. The van der Waals surface area contributed by atoms with Gasteiger partial charge in [0.25, 0.3) is 5.91 Å². The number of nitrogens with zero attached hydrogens (tertiary/aromatic N) is 2. The lowest BCUT2D eigenvalue weighted by Gasteiger charge is -2.31. The summed E-state index contributed by atoms with van der Waals surface area (Å²) in [7, 11) is 0. The van der Waals surface area contributed by atoms with E-state index in [1.807, 2.05) is 6.07 Å². The van der Waals surface area contributed by atoms with Crippen LogP contribution in [0.25, 0.3) is 0 Å². The van der Waals surface area contributed by atoms with Gasteiger partial charge >= 0.3 is 0 Å². The number of hydrogen-bond donors (Lipinski definition) is 2. The van der Waals surface area contributed by atoms with Crippen LogP contribution >= 0.6 is 0 Å². The van der Waals surface area contributed by atoms with Crippen molar-refractivity contribution in [2.75, 3.05) is 5.73 Å². The van der Waals surface area contributed by atoms with E-state index in [1.54, 1.807) is 0 Å². The molecule has 0 aliphatic heterocycles. The van der Waals surface area contributed by atoms with Crippen LogP contribution in [0.2, 0.25) is 0 Å². The summed E-state index contributed by atoms with van der Waals surface area (Å²) in [4.78, 5) is 20.6. The maximum Gasteiger partial charge on any atom is 0.274 e. The number of aromatic nitrogens is 2. The zero-order chi connectivity index (χ0) is 15.6. The highest BCUT2D eigenvalue weighted by Gasteiger charge is 2.37. The Kier molecular flexibility index (Phi) is 3.79. The van der Waals surface area contributed by atoms with Crippen LogP contribution in [0, 0.1) is 6.92 Å². The minimum Gasteiger partial charge on any atom is -0.382 e. The van der Waals surface area contributed by atoms with E-state index >= 15 is 0 Å². The van der Waals surface area contributed by atoms with Crippen LogP contribution in [-0.4, -0.2) is 15.9 Å². The van der Waals surface area contributed by atoms with E-state index in [-0.39, 0.29) is 23.0 Å². The number of amides is 1. The number of nitrogen functional groups attached to an aromatic ring is 1. The summed E-state index contributed by atoms with van der Waals surface area (Å²) in [6.07, 6.45) is 7.04. The summed E-state index contributed by atoms with van der Waals surface area (Å²) in [5.74, 6) is -0.0913. The summed E-state index contributed by atoms with van der Waals surface area (Å²) in [5.41, 5.74) is 7.98. The molecule has 22 heavy (non-hydrogen) atoms. The number of anilines is 1. The van der Waals surface area contributed by atoms with E-state index in [0.717, 1.165) is 31.2 Å². The van der Waals surface area contributed by atoms with Crippen LogP contribution < -0.4 is 11.1 Å². The molecule has 1 heterocycles. The van der Waals surface area contributed by atoms with E-state index in [2.05, 4.69) is 40.4 Å². The second kappa shape index (κ2) is 5.75. The van der Waals surface area contributed by atoms with Gasteiger partial charge in [0.05, 0.1) is 5.54 Å². The number of carbonyl (C=O) groups excluding carboxylic acids is 1. The Morgan fingerprint density at radius 2 is 1.95 bits per heavy atom. The average molecular weight is 296 g/mol. The van der Waals surface area contributed by atoms with Gasteiger partial charge in [-0.1, -0.05) is 42.7 Å². The fourth-order valence-electron chi connectivity index (χ4n) is 3.21. The Labute approximate surface area is 130 Å². The highest BCUT2D eigenvalue weighted by Crippen LogP contribution is 2.39. The van der Waals surface area contributed by atoms with Gasteiger partial charge in [-0.3, -0.25) is 4.79 Å². The van der Waals surface area contributed by atoms with Crippen LogP contribution in [0.15, 0.2) is 36.7 Å². The molecule has 2 aromatic rings. The fourth-order valence-corrected chi connectivity index (χ4v) is 3.21. The van der Waals surface area contributed by atoms with Crippen molar-refractivity contribution in [1.29, 1.82) is 0 Å². The minimum atomic E-state index is -0.326.